The number of benzene rings is 4. The van der Waals surface area contributed by atoms with E-state index in [1.165, 1.54) is 5.56 Å². The molecule has 1 atom stereocenters. The van der Waals surface area contributed by atoms with E-state index in [2.05, 4.69) is 41.9 Å². The summed E-state index contributed by atoms with van der Waals surface area (Å²) in [6, 6.07) is 23.9. The highest BCUT2D eigenvalue weighted by Gasteiger charge is 2.46. The summed E-state index contributed by atoms with van der Waals surface area (Å²) in [7, 11) is -3.80. The molecule has 16 heteroatoms. The smallest absolute Gasteiger partial charge is 0.264 e. The van der Waals surface area contributed by atoms with Crippen molar-refractivity contribution in [2.24, 2.45) is 0 Å². The summed E-state index contributed by atoms with van der Waals surface area (Å²) < 4.78 is 32.1. The first-order valence-corrected chi connectivity index (χ1v) is 26.0. The van der Waals surface area contributed by atoms with Crippen LogP contribution < -0.4 is 20.3 Å². The van der Waals surface area contributed by atoms with Gasteiger partial charge in [0.05, 0.1) is 38.4 Å². The Balaban J connectivity index is 0.717. The van der Waals surface area contributed by atoms with E-state index in [1.807, 2.05) is 75.4 Å². The van der Waals surface area contributed by atoms with Crippen LogP contribution in [0.5, 0.6) is 0 Å². The van der Waals surface area contributed by atoms with Crippen LogP contribution in [0, 0.1) is 20.8 Å². The van der Waals surface area contributed by atoms with E-state index in [0.717, 1.165) is 105 Å². The molecule has 3 aliphatic heterocycles. The number of anilines is 2. The lowest BCUT2D eigenvalue weighted by Gasteiger charge is -2.36. The number of nitrogens with one attached hydrogen (secondary N) is 3. The molecule has 0 radical (unpaired) electrons. The lowest BCUT2D eigenvalue weighted by molar-refractivity contribution is -0.136. The Hall–Kier alpha value is -6.39. The van der Waals surface area contributed by atoms with Gasteiger partial charge in [-0.2, -0.15) is 0 Å². The highest BCUT2D eigenvalue weighted by molar-refractivity contribution is 7.92. The van der Waals surface area contributed by atoms with Crippen molar-refractivity contribution in [2.45, 2.75) is 115 Å². The summed E-state index contributed by atoms with van der Waals surface area (Å²) in [6.45, 7) is 10.9. The van der Waals surface area contributed by atoms with Gasteiger partial charge < -0.3 is 14.8 Å². The Morgan fingerprint density at radius 2 is 1.51 bits per heavy atom. The molecule has 5 aromatic rings. The zero-order valence-corrected chi connectivity index (χ0v) is 40.8. The Bertz CT molecular complexity index is 2810. The molecule has 8 rings (SSSR count). The minimum Gasteiger partial charge on any atom is -0.368 e. The molecule has 0 aliphatic carbocycles. The van der Waals surface area contributed by atoms with Gasteiger partial charge in [0.1, 0.15) is 11.9 Å². The average Bonchev–Trinajstić information content (AvgIpc) is 3.78. The fourth-order valence-electron chi connectivity index (χ4n) is 10.2. The molecule has 1 unspecified atom stereocenters. The number of nitrogens with zero attached hydrogens (tertiary/aromatic N) is 5. The van der Waals surface area contributed by atoms with Crippen molar-refractivity contribution in [1.29, 1.82) is 0 Å². The second kappa shape index (κ2) is 21.9. The molecule has 0 saturated carbocycles. The van der Waals surface area contributed by atoms with Gasteiger partial charge in [0.15, 0.2) is 0 Å². The summed E-state index contributed by atoms with van der Waals surface area (Å²) in [4.78, 5) is 74.6. The number of imidazole rings is 1. The molecule has 15 nitrogen and oxygen atoms in total. The highest BCUT2D eigenvalue weighted by atomic mass is 32.2. The quantitative estimate of drug-likeness (QED) is 0.0502. The van der Waals surface area contributed by atoms with Crippen LogP contribution in [-0.2, 0) is 37.4 Å². The van der Waals surface area contributed by atoms with Crippen LogP contribution in [0.2, 0.25) is 0 Å². The third kappa shape index (κ3) is 11.6. The van der Waals surface area contributed by atoms with E-state index in [4.69, 9.17) is 4.98 Å². The molecule has 0 spiro atoms. The van der Waals surface area contributed by atoms with Crippen molar-refractivity contribution in [2.75, 3.05) is 48.9 Å². The second-order valence-corrected chi connectivity index (χ2v) is 20.4. The molecular formula is C53H64N8O7S. The minimum atomic E-state index is -3.80. The fourth-order valence-corrected chi connectivity index (χ4v) is 11.7. The minimum absolute atomic E-state index is 0.0817. The third-order valence-electron chi connectivity index (χ3n) is 13.6. The van der Waals surface area contributed by atoms with Gasteiger partial charge in [-0.15, -0.1) is 0 Å². The maximum atomic E-state index is 13.6. The summed E-state index contributed by atoms with van der Waals surface area (Å²) in [5.41, 5.74) is 7.13. The van der Waals surface area contributed by atoms with Crippen LogP contribution >= 0.6 is 0 Å². The van der Waals surface area contributed by atoms with Crippen molar-refractivity contribution in [3.63, 3.8) is 0 Å². The number of hydrogen-bond donors (Lipinski definition) is 3. The number of amides is 5. The molecular weight excluding hydrogens is 893 g/mol. The lowest BCUT2D eigenvalue weighted by Crippen LogP contribution is -2.54. The molecule has 69 heavy (non-hydrogen) atoms. The number of sulfonamides is 1. The van der Waals surface area contributed by atoms with Crippen molar-refractivity contribution < 1.29 is 32.4 Å². The zero-order valence-electron chi connectivity index (χ0n) is 40.0. The van der Waals surface area contributed by atoms with E-state index < -0.39 is 39.7 Å². The van der Waals surface area contributed by atoms with Crippen molar-refractivity contribution in [3.05, 3.63) is 118 Å². The Morgan fingerprint density at radius 1 is 0.783 bits per heavy atom. The van der Waals surface area contributed by atoms with Crippen LogP contribution in [0.15, 0.2) is 83.8 Å². The van der Waals surface area contributed by atoms with Gasteiger partial charge >= 0.3 is 0 Å². The van der Waals surface area contributed by atoms with Gasteiger partial charge in [-0.25, -0.2) is 13.4 Å². The number of piperidine rings is 1. The third-order valence-corrected chi connectivity index (χ3v) is 15.3. The number of unbranched alkanes of at least 4 members (excludes halogenated alkanes) is 6. The number of aromatic nitrogens is 2. The van der Waals surface area contributed by atoms with E-state index in [9.17, 15) is 32.4 Å². The maximum Gasteiger partial charge on any atom is 0.264 e. The number of piperazine rings is 1. The first kappa shape index (κ1) is 49.0. The van der Waals surface area contributed by atoms with Crippen molar-refractivity contribution in [3.8, 4) is 0 Å². The molecule has 4 heterocycles. The van der Waals surface area contributed by atoms with Crippen LogP contribution in [0.3, 0.4) is 0 Å². The number of hydrogen-bond acceptors (Lipinski definition) is 10. The number of rotatable bonds is 21. The summed E-state index contributed by atoms with van der Waals surface area (Å²) in [5.74, 6) is -0.925. The first-order chi connectivity index (χ1) is 33.3. The molecule has 4 aromatic carbocycles. The highest BCUT2D eigenvalue weighted by Crippen LogP contribution is 2.35. The van der Waals surface area contributed by atoms with E-state index >= 15 is 0 Å². The van der Waals surface area contributed by atoms with E-state index in [1.54, 1.807) is 12.1 Å². The van der Waals surface area contributed by atoms with Gasteiger partial charge in [0.25, 0.3) is 21.8 Å². The largest absolute Gasteiger partial charge is 0.368 e. The van der Waals surface area contributed by atoms with Gasteiger partial charge in [0.2, 0.25) is 17.7 Å². The predicted octanol–water partition coefficient (Wildman–Crippen LogP) is 7.20. The van der Waals surface area contributed by atoms with Crippen LogP contribution in [0.25, 0.3) is 11.0 Å². The van der Waals surface area contributed by atoms with E-state index in [0.29, 0.717) is 71.1 Å². The molecule has 2 fully saturated rings. The number of carbonyl (C=O) groups is 5. The van der Waals surface area contributed by atoms with Crippen LogP contribution in [0.4, 0.5) is 11.4 Å². The fraction of sp³-hybridized carbons (Fsp3) is 0.434. The number of fused-ring (bicyclic) bond motifs is 2. The van der Waals surface area contributed by atoms with Crippen molar-refractivity contribution >= 4 is 62.0 Å². The van der Waals surface area contributed by atoms with Crippen molar-refractivity contribution in [1.82, 2.24) is 30.0 Å². The van der Waals surface area contributed by atoms with Crippen LogP contribution in [-0.4, -0.2) is 103 Å². The predicted molar refractivity (Wildman–Crippen MR) is 267 cm³/mol. The standard InChI is InChI=1S/C53H64N8O7S/c1-36-32-37(2)50(38(3)33-36)69(67,68)57-40-22-23-43-42(34-40)55-46(60(43)35-39-16-9-7-10-17-39)20-11-5-4-6-13-26-54-47(62)21-12-8-14-27-58-28-30-59(31-29-58)44-19-15-18-41-49(44)53(66)61(52(41)65)45-24-25-48(63)56-51(45)64/h7,9-10,15-19,22-23,32-34,45,57H,4-6,8,11-14,20-21,24-31,35H2,1-3H3,(H,54,62)(H,56,63,64). The monoisotopic (exact) mass is 956 g/mol. The summed E-state index contributed by atoms with van der Waals surface area (Å²) in [6.07, 6.45) is 9.32. The molecule has 364 valence electrons. The molecule has 1 aromatic heterocycles. The summed E-state index contributed by atoms with van der Waals surface area (Å²) >= 11 is 0. The van der Waals surface area contributed by atoms with Gasteiger partial charge in [0, 0.05) is 58.5 Å². The van der Waals surface area contributed by atoms with Gasteiger partial charge in [-0.3, -0.25) is 43.8 Å². The SMILES string of the molecule is Cc1cc(C)c(S(=O)(=O)Nc2ccc3c(c2)nc(CCCCCCCNC(=O)CCCCCN2CCN(c4cccc5c4C(=O)N(C4CCC(=O)NC4=O)C5=O)CC2)n3Cc2ccccc2)c(C)c1. The maximum absolute atomic E-state index is 13.6. The van der Waals surface area contributed by atoms with Crippen LogP contribution in [0.1, 0.15) is 119 Å². The van der Waals surface area contributed by atoms with Gasteiger partial charge in [-0.1, -0.05) is 79.8 Å². The average molecular weight is 957 g/mol. The number of carbonyl (C=O) groups excluding carboxylic acids is 5. The lowest BCUT2D eigenvalue weighted by atomic mass is 10.0. The summed E-state index contributed by atoms with van der Waals surface area (Å²) in [5, 5.41) is 5.35. The molecule has 5 amide bonds. The zero-order chi connectivity index (χ0) is 48.7. The number of imide groups is 2. The molecule has 3 N–H and O–H groups in total. The van der Waals surface area contributed by atoms with Gasteiger partial charge in [-0.05, 0) is 106 Å². The normalized spacial score (nSPS) is 16.6. The molecule has 2 saturated heterocycles. The Labute approximate surface area is 405 Å². The Morgan fingerprint density at radius 3 is 2.26 bits per heavy atom. The van der Waals surface area contributed by atoms with E-state index in [-0.39, 0.29) is 18.7 Å². The second-order valence-electron chi connectivity index (χ2n) is 18.8. The topological polar surface area (TPSA) is 183 Å². The first-order valence-electron chi connectivity index (χ1n) is 24.5. The number of aryl methyl sites for hydroxylation is 4. The Kier molecular flexibility index (Phi) is 15.6. The molecule has 0 bridgehead atoms. The molecule has 3 aliphatic rings.